The summed E-state index contributed by atoms with van der Waals surface area (Å²) in [4.78, 5) is 17.7. The Hall–Kier alpha value is -2.40. The predicted octanol–water partition coefficient (Wildman–Crippen LogP) is 2.72. The summed E-state index contributed by atoms with van der Waals surface area (Å²) in [7, 11) is 1.59. The number of aromatic nitrogens is 1. The van der Waals surface area contributed by atoms with Crippen molar-refractivity contribution in [1.82, 2.24) is 4.98 Å². The third kappa shape index (κ3) is 2.87. The molecule has 0 bridgehead atoms. The average Bonchev–Trinajstić information content (AvgIpc) is 2.89. The number of pyridine rings is 1. The number of methoxy groups -OCH3 is 1. The van der Waals surface area contributed by atoms with Crippen LogP contribution in [0.4, 0.5) is 10.6 Å². The van der Waals surface area contributed by atoms with Crippen molar-refractivity contribution in [2.24, 2.45) is 0 Å². The van der Waals surface area contributed by atoms with Gasteiger partial charge in [-0.05, 0) is 17.7 Å². The van der Waals surface area contributed by atoms with Crippen LogP contribution in [0.5, 0.6) is 0 Å². The lowest BCUT2D eigenvalue weighted by molar-refractivity contribution is 0.0718. The van der Waals surface area contributed by atoms with Gasteiger partial charge in [0.2, 0.25) is 0 Å². The van der Waals surface area contributed by atoms with Crippen molar-refractivity contribution in [3.8, 4) is 11.1 Å². The fourth-order valence-electron chi connectivity index (χ4n) is 2.33. The molecule has 2 heterocycles. The molecule has 0 spiro atoms. The van der Waals surface area contributed by atoms with Gasteiger partial charge in [0.15, 0.2) is 0 Å². The van der Waals surface area contributed by atoms with Crippen LogP contribution in [0.1, 0.15) is 0 Å². The molecule has 1 saturated heterocycles. The largest absolute Gasteiger partial charge is 0.441 e. The Kier molecular flexibility index (Phi) is 3.83. The predicted molar refractivity (Wildman–Crippen MR) is 79.2 cm³/mol. The van der Waals surface area contributed by atoms with Crippen LogP contribution < -0.4 is 4.90 Å². The van der Waals surface area contributed by atoms with E-state index in [1.165, 1.54) is 4.90 Å². The maximum atomic E-state index is 11.8. The van der Waals surface area contributed by atoms with Gasteiger partial charge in [0.05, 0.1) is 13.2 Å². The van der Waals surface area contributed by atoms with Crippen molar-refractivity contribution in [3.63, 3.8) is 0 Å². The molecule has 21 heavy (non-hydrogen) atoms. The van der Waals surface area contributed by atoms with E-state index < -0.39 is 0 Å². The second-order valence-electron chi connectivity index (χ2n) is 4.84. The lowest BCUT2D eigenvalue weighted by Gasteiger charge is -2.12. The molecule has 1 fully saturated rings. The van der Waals surface area contributed by atoms with Gasteiger partial charge in [-0.25, -0.2) is 9.78 Å². The van der Waals surface area contributed by atoms with Crippen molar-refractivity contribution < 1.29 is 14.3 Å². The molecule has 2 aromatic rings. The minimum Gasteiger partial charge on any atom is -0.441 e. The first kappa shape index (κ1) is 13.6. The molecular weight excluding hydrogens is 268 g/mol. The van der Waals surface area contributed by atoms with E-state index in [1.807, 2.05) is 42.5 Å². The molecule has 3 rings (SSSR count). The van der Waals surface area contributed by atoms with Gasteiger partial charge in [-0.2, -0.15) is 0 Å². The SMILES string of the molecule is COC[C@H]1CN(c2ccc(-c3ccccc3)cn2)C(=O)O1. The maximum Gasteiger partial charge on any atom is 0.416 e. The molecular formula is C16H16N2O3. The number of cyclic esters (lactones) is 1. The van der Waals surface area contributed by atoms with Crippen molar-refractivity contribution in [1.29, 1.82) is 0 Å². The molecule has 1 aliphatic heterocycles. The zero-order valence-corrected chi connectivity index (χ0v) is 11.7. The fourth-order valence-corrected chi connectivity index (χ4v) is 2.33. The highest BCUT2D eigenvalue weighted by molar-refractivity contribution is 5.88. The quantitative estimate of drug-likeness (QED) is 0.866. The molecule has 5 nitrogen and oxygen atoms in total. The van der Waals surface area contributed by atoms with Crippen molar-refractivity contribution in [3.05, 3.63) is 48.7 Å². The maximum absolute atomic E-state index is 11.8. The van der Waals surface area contributed by atoms with E-state index in [2.05, 4.69) is 4.98 Å². The van der Waals surface area contributed by atoms with E-state index in [4.69, 9.17) is 9.47 Å². The Morgan fingerprint density at radius 3 is 2.71 bits per heavy atom. The molecule has 108 valence electrons. The number of hydrogen-bond acceptors (Lipinski definition) is 4. The van der Waals surface area contributed by atoms with Gasteiger partial charge >= 0.3 is 6.09 Å². The van der Waals surface area contributed by atoms with Crippen LogP contribution in [-0.2, 0) is 9.47 Å². The molecule has 0 N–H and O–H groups in total. The summed E-state index contributed by atoms with van der Waals surface area (Å²) in [6, 6.07) is 13.8. The second kappa shape index (κ2) is 5.93. The Morgan fingerprint density at radius 1 is 1.24 bits per heavy atom. The summed E-state index contributed by atoms with van der Waals surface area (Å²) in [6.07, 6.45) is 1.15. The lowest BCUT2D eigenvalue weighted by Crippen LogP contribution is -2.26. The molecule has 1 aromatic carbocycles. The molecule has 5 heteroatoms. The van der Waals surface area contributed by atoms with E-state index in [0.29, 0.717) is 19.0 Å². The number of benzene rings is 1. The van der Waals surface area contributed by atoms with Gasteiger partial charge in [-0.1, -0.05) is 30.3 Å². The number of amides is 1. The summed E-state index contributed by atoms with van der Waals surface area (Å²) in [5.41, 5.74) is 2.11. The Balaban J connectivity index is 1.77. The van der Waals surface area contributed by atoms with Crippen molar-refractivity contribution >= 4 is 11.9 Å². The molecule has 1 amide bonds. The molecule has 0 saturated carbocycles. The van der Waals surface area contributed by atoms with Crippen LogP contribution in [0.2, 0.25) is 0 Å². The van der Waals surface area contributed by atoms with E-state index >= 15 is 0 Å². The first-order chi connectivity index (χ1) is 10.3. The average molecular weight is 284 g/mol. The topological polar surface area (TPSA) is 51.7 Å². The molecule has 1 atom stereocenters. The third-order valence-electron chi connectivity index (χ3n) is 3.36. The summed E-state index contributed by atoms with van der Waals surface area (Å²) < 4.78 is 10.2. The highest BCUT2D eigenvalue weighted by Gasteiger charge is 2.32. The van der Waals surface area contributed by atoms with Gasteiger partial charge in [0.1, 0.15) is 11.9 Å². The fraction of sp³-hybridized carbons (Fsp3) is 0.250. The molecule has 0 radical (unpaired) electrons. The monoisotopic (exact) mass is 284 g/mol. The molecule has 0 aliphatic carbocycles. The first-order valence-corrected chi connectivity index (χ1v) is 6.76. The van der Waals surface area contributed by atoms with Crippen molar-refractivity contribution in [2.75, 3.05) is 25.2 Å². The second-order valence-corrected chi connectivity index (χ2v) is 4.84. The Morgan fingerprint density at radius 2 is 2.05 bits per heavy atom. The third-order valence-corrected chi connectivity index (χ3v) is 3.36. The number of hydrogen-bond donors (Lipinski definition) is 0. The zero-order chi connectivity index (χ0) is 14.7. The van der Waals surface area contributed by atoms with Gasteiger partial charge in [0.25, 0.3) is 0 Å². The van der Waals surface area contributed by atoms with Crippen LogP contribution in [0, 0.1) is 0 Å². The minimum atomic E-state index is -0.378. The Labute approximate surface area is 123 Å². The normalized spacial score (nSPS) is 17.9. The smallest absolute Gasteiger partial charge is 0.416 e. The summed E-state index contributed by atoms with van der Waals surface area (Å²) in [5.74, 6) is 0.596. The van der Waals surface area contributed by atoms with Crippen LogP contribution in [0.15, 0.2) is 48.7 Å². The zero-order valence-electron chi connectivity index (χ0n) is 11.7. The Bertz CT molecular complexity index is 613. The summed E-state index contributed by atoms with van der Waals surface area (Å²) >= 11 is 0. The van der Waals surface area contributed by atoms with Crippen LogP contribution in [-0.4, -0.2) is 37.4 Å². The number of anilines is 1. The summed E-state index contributed by atoms with van der Waals surface area (Å²) in [5, 5.41) is 0. The highest BCUT2D eigenvalue weighted by Crippen LogP contribution is 2.23. The highest BCUT2D eigenvalue weighted by atomic mass is 16.6. The van der Waals surface area contributed by atoms with E-state index in [-0.39, 0.29) is 12.2 Å². The molecule has 1 aromatic heterocycles. The van der Waals surface area contributed by atoms with E-state index in [0.717, 1.165) is 11.1 Å². The van der Waals surface area contributed by atoms with Crippen LogP contribution in [0.25, 0.3) is 11.1 Å². The van der Waals surface area contributed by atoms with Gasteiger partial charge < -0.3 is 9.47 Å². The number of ether oxygens (including phenoxy) is 2. The van der Waals surface area contributed by atoms with Gasteiger partial charge in [-0.15, -0.1) is 0 Å². The minimum absolute atomic E-state index is 0.238. The molecule has 0 unspecified atom stereocenters. The van der Waals surface area contributed by atoms with E-state index in [9.17, 15) is 4.79 Å². The number of rotatable bonds is 4. The number of carbonyl (C=O) groups is 1. The summed E-state index contributed by atoms with van der Waals surface area (Å²) in [6.45, 7) is 0.856. The van der Waals surface area contributed by atoms with Crippen LogP contribution in [0.3, 0.4) is 0 Å². The molecule has 1 aliphatic rings. The van der Waals surface area contributed by atoms with E-state index in [1.54, 1.807) is 13.3 Å². The van der Waals surface area contributed by atoms with Crippen molar-refractivity contribution in [2.45, 2.75) is 6.10 Å². The van der Waals surface area contributed by atoms with Gasteiger partial charge in [0, 0.05) is 18.9 Å². The first-order valence-electron chi connectivity index (χ1n) is 6.76. The van der Waals surface area contributed by atoms with Crippen LogP contribution >= 0.6 is 0 Å². The standard InChI is InChI=1S/C16H16N2O3/c1-20-11-14-10-18(16(19)21-14)15-8-7-13(9-17-15)12-5-3-2-4-6-12/h2-9,14H,10-11H2,1H3/t14-/m1/s1. The number of nitrogens with zero attached hydrogens (tertiary/aromatic N) is 2. The lowest BCUT2D eigenvalue weighted by atomic mass is 10.1. The number of carbonyl (C=O) groups excluding carboxylic acids is 1. The van der Waals surface area contributed by atoms with Gasteiger partial charge in [-0.3, -0.25) is 4.90 Å².